The SMILES string of the molecule is CCCCCC(C)n1c(C(C)Cl)nc2ccc(OC)cc21. The second-order valence-electron chi connectivity index (χ2n) is 5.66. The zero-order valence-electron chi connectivity index (χ0n) is 13.4. The molecule has 0 saturated carbocycles. The molecule has 1 aromatic heterocycles. The van der Waals surface area contributed by atoms with Crippen LogP contribution in [0.4, 0.5) is 0 Å². The highest BCUT2D eigenvalue weighted by Gasteiger charge is 2.19. The topological polar surface area (TPSA) is 27.1 Å². The minimum absolute atomic E-state index is 0.1000. The van der Waals surface area contributed by atoms with E-state index in [1.165, 1.54) is 19.3 Å². The Hall–Kier alpha value is -1.22. The number of methoxy groups -OCH3 is 1. The second-order valence-corrected chi connectivity index (χ2v) is 6.31. The molecule has 0 saturated heterocycles. The fraction of sp³-hybridized carbons (Fsp3) is 0.588. The monoisotopic (exact) mass is 308 g/mol. The molecule has 2 unspecified atom stereocenters. The van der Waals surface area contributed by atoms with Crippen LogP contribution in [0.25, 0.3) is 11.0 Å². The molecule has 116 valence electrons. The van der Waals surface area contributed by atoms with Crippen molar-refractivity contribution < 1.29 is 4.74 Å². The summed E-state index contributed by atoms with van der Waals surface area (Å²) in [7, 11) is 1.69. The summed E-state index contributed by atoms with van der Waals surface area (Å²) >= 11 is 6.34. The molecular weight excluding hydrogens is 284 g/mol. The zero-order valence-corrected chi connectivity index (χ0v) is 14.2. The first-order valence-electron chi connectivity index (χ1n) is 7.78. The van der Waals surface area contributed by atoms with E-state index < -0.39 is 0 Å². The van der Waals surface area contributed by atoms with Gasteiger partial charge in [0.2, 0.25) is 0 Å². The zero-order chi connectivity index (χ0) is 15.4. The average molecular weight is 309 g/mol. The van der Waals surface area contributed by atoms with Crippen LogP contribution in [0, 0.1) is 0 Å². The Balaban J connectivity index is 2.43. The molecule has 1 aromatic carbocycles. The lowest BCUT2D eigenvalue weighted by molar-refractivity contribution is 0.414. The van der Waals surface area contributed by atoms with Gasteiger partial charge in [-0.2, -0.15) is 0 Å². The third kappa shape index (κ3) is 3.52. The van der Waals surface area contributed by atoms with Gasteiger partial charge in [0.05, 0.1) is 23.5 Å². The lowest BCUT2D eigenvalue weighted by Crippen LogP contribution is -2.10. The van der Waals surface area contributed by atoms with E-state index in [9.17, 15) is 0 Å². The Labute approximate surface area is 132 Å². The molecule has 2 rings (SSSR count). The van der Waals surface area contributed by atoms with Crippen molar-refractivity contribution >= 4 is 22.6 Å². The predicted molar refractivity (Wildman–Crippen MR) is 89.4 cm³/mol. The van der Waals surface area contributed by atoms with E-state index in [1.54, 1.807) is 7.11 Å². The highest BCUT2D eigenvalue weighted by Crippen LogP contribution is 2.31. The molecule has 0 fully saturated rings. The normalized spacial score (nSPS) is 14.3. The van der Waals surface area contributed by atoms with Gasteiger partial charge in [0.1, 0.15) is 11.6 Å². The number of hydrogen-bond acceptors (Lipinski definition) is 2. The van der Waals surface area contributed by atoms with Gasteiger partial charge in [0, 0.05) is 12.1 Å². The van der Waals surface area contributed by atoms with Gasteiger partial charge >= 0.3 is 0 Å². The van der Waals surface area contributed by atoms with Crippen LogP contribution in [-0.4, -0.2) is 16.7 Å². The van der Waals surface area contributed by atoms with Crippen molar-refractivity contribution in [3.63, 3.8) is 0 Å². The summed E-state index contributed by atoms with van der Waals surface area (Å²) in [5, 5.41) is -0.1000. The Bertz CT molecular complexity index is 592. The highest BCUT2D eigenvalue weighted by atomic mass is 35.5. The molecular formula is C17H25ClN2O. The van der Waals surface area contributed by atoms with Crippen molar-refractivity contribution in [3.05, 3.63) is 24.0 Å². The molecule has 0 N–H and O–H groups in total. The van der Waals surface area contributed by atoms with Gasteiger partial charge in [-0.1, -0.05) is 26.2 Å². The van der Waals surface area contributed by atoms with Crippen molar-refractivity contribution in [2.24, 2.45) is 0 Å². The van der Waals surface area contributed by atoms with Crippen LogP contribution in [0.15, 0.2) is 18.2 Å². The second kappa shape index (κ2) is 7.17. The van der Waals surface area contributed by atoms with Crippen LogP contribution >= 0.6 is 11.6 Å². The lowest BCUT2D eigenvalue weighted by atomic mass is 10.1. The Kier molecular flexibility index (Phi) is 5.51. The predicted octanol–water partition coefficient (Wildman–Crippen LogP) is 5.49. The molecule has 0 aliphatic heterocycles. The molecule has 2 aromatic rings. The van der Waals surface area contributed by atoms with Gasteiger partial charge in [-0.3, -0.25) is 0 Å². The number of nitrogens with zero attached hydrogens (tertiary/aromatic N) is 2. The van der Waals surface area contributed by atoms with Gasteiger partial charge in [-0.05, 0) is 32.4 Å². The van der Waals surface area contributed by atoms with Crippen LogP contribution in [-0.2, 0) is 0 Å². The molecule has 0 bridgehead atoms. The third-order valence-electron chi connectivity index (χ3n) is 3.95. The van der Waals surface area contributed by atoms with Crippen LogP contribution in [0.3, 0.4) is 0 Å². The number of ether oxygens (including phenoxy) is 1. The molecule has 0 radical (unpaired) electrons. The molecule has 1 heterocycles. The molecule has 0 spiro atoms. The number of alkyl halides is 1. The van der Waals surface area contributed by atoms with E-state index in [1.807, 2.05) is 19.1 Å². The number of aromatic nitrogens is 2. The van der Waals surface area contributed by atoms with Gasteiger partial charge in [-0.25, -0.2) is 4.98 Å². The summed E-state index contributed by atoms with van der Waals surface area (Å²) in [6.07, 6.45) is 4.89. The standard InChI is InChI=1S/C17H25ClN2O/c1-5-6-7-8-12(2)20-16-11-14(21-4)9-10-15(16)19-17(20)13(3)18/h9-13H,5-8H2,1-4H3. The minimum Gasteiger partial charge on any atom is -0.497 e. The van der Waals surface area contributed by atoms with E-state index in [0.29, 0.717) is 6.04 Å². The summed E-state index contributed by atoms with van der Waals surface area (Å²) in [5.41, 5.74) is 2.10. The maximum atomic E-state index is 6.34. The van der Waals surface area contributed by atoms with Crippen LogP contribution in [0.5, 0.6) is 5.75 Å². The quantitative estimate of drug-likeness (QED) is 0.500. The van der Waals surface area contributed by atoms with E-state index in [-0.39, 0.29) is 5.38 Å². The van der Waals surface area contributed by atoms with Crippen molar-refractivity contribution in [1.82, 2.24) is 9.55 Å². The summed E-state index contributed by atoms with van der Waals surface area (Å²) < 4.78 is 7.63. The number of rotatable bonds is 7. The van der Waals surface area contributed by atoms with Crippen molar-refractivity contribution in [1.29, 1.82) is 0 Å². The fourth-order valence-electron chi connectivity index (χ4n) is 2.78. The molecule has 21 heavy (non-hydrogen) atoms. The Morgan fingerprint density at radius 3 is 2.67 bits per heavy atom. The number of unbranched alkanes of at least 4 members (excludes halogenated alkanes) is 2. The number of fused-ring (bicyclic) bond motifs is 1. The summed E-state index contributed by atoms with van der Waals surface area (Å²) in [4.78, 5) is 4.71. The first-order valence-corrected chi connectivity index (χ1v) is 8.22. The Morgan fingerprint density at radius 2 is 2.05 bits per heavy atom. The Morgan fingerprint density at radius 1 is 1.29 bits per heavy atom. The first kappa shape index (κ1) is 16.2. The molecule has 0 aliphatic carbocycles. The van der Waals surface area contributed by atoms with E-state index in [2.05, 4.69) is 24.5 Å². The molecule has 4 heteroatoms. The van der Waals surface area contributed by atoms with Gasteiger partial charge in [0.15, 0.2) is 0 Å². The van der Waals surface area contributed by atoms with Crippen molar-refractivity contribution in [3.8, 4) is 5.75 Å². The maximum absolute atomic E-state index is 6.34. The number of halogens is 1. The molecule has 0 aliphatic rings. The third-order valence-corrected chi connectivity index (χ3v) is 4.14. The van der Waals surface area contributed by atoms with Crippen LogP contribution < -0.4 is 4.74 Å². The van der Waals surface area contributed by atoms with E-state index in [0.717, 1.165) is 29.0 Å². The summed E-state index contributed by atoms with van der Waals surface area (Å²) in [6.45, 7) is 6.46. The van der Waals surface area contributed by atoms with Gasteiger partial charge in [0.25, 0.3) is 0 Å². The van der Waals surface area contributed by atoms with Crippen LogP contribution in [0.2, 0.25) is 0 Å². The summed E-state index contributed by atoms with van der Waals surface area (Å²) in [5.74, 6) is 1.81. The number of imidazole rings is 1. The fourth-order valence-corrected chi connectivity index (χ4v) is 2.94. The number of hydrogen-bond donors (Lipinski definition) is 0. The maximum Gasteiger partial charge on any atom is 0.127 e. The first-order chi connectivity index (χ1) is 10.1. The lowest BCUT2D eigenvalue weighted by Gasteiger charge is -2.18. The van der Waals surface area contributed by atoms with Crippen molar-refractivity contribution in [2.75, 3.05) is 7.11 Å². The number of benzene rings is 1. The summed E-state index contributed by atoms with van der Waals surface area (Å²) in [6, 6.07) is 6.41. The van der Waals surface area contributed by atoms with Gasteiger partial charge < -0.3 is 9.30 Å². The highest BCUT2D eigenvalue weighted by molar-refractivity contribution is 6.20. The minimum atomic E-state index is -0.1000. The van der Waals surface area contributed by atoms with Gasteiger partial charge in [-0.15, -0.1) is 11.6 Å². The molecule has 0 amide bonds. The smallest absolute Gasteiger partial charge is 0.127 e. The molecule has 3 nitrogen and oxygen atoms in total. The molecule has 2 atom stereocenters. The van der Waals surface area contributed by atoms with Crippen molar-refractivity contribution in [2.45, 2.75) is 57.9 Å². The van der Waals surface area contributed by atoms with E-state index in [4.69, 9.17) is 21.3 Å². The average Bonchev–Trinajstić information content (AvgIpc) is 2.86. The van der Waals surface area contributed by atoms with Crippen LogP contribution in [0.1, 0.15) is 63.7 Å². The van der Waals surface area contributed by atoms with E-state index >= 15 is 0 Å². The largest absolute Gasteiger partial charge is 0.497 e.